The fourth-order valence-corrected chi connectivity index (χ4v) is 4.28. The monoisotopic (exact) mass is 498 g/mol. The molecular weight excluding hydrogens is 480 g/mol. The molecule has 3 rings (SSSR count). The van der Waals surface area contributed by atoms with Gasteiger partial charge in [-0.25, -0.2) is 4.98 Å². The quantitative estimate of drug-likeness (QED) is 0.338. The number of amides is 1. The molecule has 0 saturated carbocycles. The number of non-ortho nitro benzene ring substituents is 1. The minimum absolute atomic E-state index is 0. The summed E-state index contributed by atoms with van der Waals surface area (Å²) in [5.74, 6) is -0.291. The zero-order valence-corrected chi connectivity index (χ0v) is 19.1. The molecule has 0 saturated heterocycles. The first-order valence-electron chi connectivity index (χ1n) is 8.62. The summed E-state index contributed by atoms with van der Waals surface area (Å²) >= 11 is 4.88. The lowest BCUT2D eigenvalue weighted by Crippen LogP contribution is -2.33. The number of hydrogen-bond donors (Lipinski definition) is 0. The van der Waals surface area contributed by atoms with E-state index in [-0.39, 0.29) is 29.6 Å². The van der Waals surface area contributed by atoms with Crippen molar-refractivity contribution >= 4 is 66.6 Å². The molecule has 1 heterocycles. The van der Waals surface area contributed by atoms with Crippen LogP contribution >= 0.6 is 39.7 Å². The van der Waals surface area contributed by atoms with Gasteiger partial charge < -0.3 is 4.90 Å². The Balaban J connectivity index is 0.00000300. The predicted octanol–water partition coefficient (Wildman–Crippen LogP) is 4.99. The average Bonchev–Trinajstić information content (AvgIpc) is 3.07. The van der Waals surface area contributed by atoms with E-state index in [9.17, 15) is 14.9 Å². The Bertz CT molecular complexity index is 1030. The third kappa shape index (κ3) is 5.72. The van der Waals surface area contributed by atoms with Crippen LogP contribution in [0, 0.1) is 10.1 Å². The maximum Gasteiger partial charge on any atom is 0.270 e. The Morgan fingerprint density at radius 2 is 1.97 bits per heavy atom. The summed E-state index contributed by atoms with van der Waals surface area (Å²) < 4.78 is 1.91. The maximum atomic E-state index is 13.2. The van der Waals surface area contributed by atoms with Gasteiger partial charge in [-0.2, -0.15) is 0 Å². The minimum Gasteiger partial charge on any atom is -0.309 e. The zero-order valence-electron chi connectivity index (χ0n) is 15.9. The van der Waals surface area contributed by atoms with E-state index in [0.717, 1.165) is 27.7 Å². The van der Waals surface area contributed by atoms with Gasteiger partial charge in [0.2, 0.25) is 0 Å². The summed E-state index contributed by atoms with van der Waals surface area (Å²) in [5, 5.41) is 11.7. The molecule has 0 fully saturated rings. The highest BCUT2D eigenvalue weighted by Crippen LogP contribution is 2.32. The number of fused-ring (bicyclic) bond motifs is 1. The van der Waals surface area contributed by atoms with Crippen molar-refractivity contribution < 1.29 is 9.72 Å². The highest BCUT2D eigenvalue weighted by atomic mass is 79.9. The number of nitro groups is 1. The van der Waals surface area contributed by atoms with Gasteiger partial charge in [0.15, 0.2) is 5.13 Å². The maximum absolute atomic E-state index is 13.2. The van der Waals surface area contributed by atoms with Crippen molar-refractivity contribution in [2.75, 3.05) is 32.1 Å². The third-order valence-electron chi connectivity index (χ3n) is 4.11. The lowest BCUT2D eigenvalue weighted by atomic mass is 10.1. The van der Waals surface area contributed by atoms with Crippen LogP contribution in [-0.2, 0) is 0 Å². The molecule has 0 aliphatic carbocycles. The molecule has 29 heavy (non-hydrogen) atoms. The topological polar surface area (TPSA) is 79.6 Å². The van der Waals surface area contributed by atoms with Crippen LogP contribution in [0.3, 0.4) is 0 Å². The van der Waals surface area contributed by atoms with Crippen LogP contribution in [0.5, 0.6) is 0 Å². The lowest BCUT2D eigenvalue weighted by molar-refractivity contribution is -0.384. The summed E-state index contributed by atoms with van der Waals surface area (Å²) in [6, 6.07) is 11.6. The number of thiazole rings is 1. The van der Waals surface area contributed by atoms with Crippen LogP contribution in [0.15, 0.2) is 46.9 Å². The van der Waals surface area contributed by atoms with Crippen LogP contribution in [0.25, 0.3) is 10.2 Å². The Kier molecular flexibility index (Phi) is 8.09. The number of anilines is 1. The standard InChI is InChI=1S/C19H19BrN4O3S.ClH/c1-22(2)9-4-10-23(18(25)13-5-3-6-15(11-13)24(26)27)19-21-16-8-7-14(20)12-17(16)28-19;/h3,5-8,11-12H,4,9-10H2,1-2H3;1H. The van der Waals surface area contributed by atoms with Crippen LogP contribution in [0.4, 0.5) is 10.8 Å². The molecule has 0 radical (unpaired) electrons. The van der Waals surface area contributed by atoms with Crippen LogP contribution in [0.1, 0.15) is 16.8 Å². The van der Waals surface area contributed by atoms with Crippen molar-refractivity contribution in [3.05, 3.63) is 62.6 Å². The molecule has 2 aromatic carbocycles. The van der Waals surface area contributed by atoms with Crippen LogP contribution in [-0.4, -0.2) is 47.9 Å². The minimum atomic E-state index is -0.498. The molecule has 0 N–H and O–H groups in total. The SMILES string of the molecule is CN(C)CCCN(C(=O)c1cccc([N+](=O)[O-])c1)c1nc2ccc(Br)cc2s1.Cl. The Hall–Kier alpha value is -2.07. The van der Waals surface area contributed by atoms with Gasteiger partial charge in [0, 0.05) is 28.7 Å². The molecule has 0 aliphatic rings. The molecule has 1 aromatic heterocycles. The van der Waals surface area contributed by atoms with E-state index in [1.54, 1.807) is 11.0 Å². The number of carbonyl (C=O) groups excluding carboxylic acids is 1. The zero-order chi connectivity index (χ0) is 20.3. The first-order chi connectivity index (χ1) is 13.3. The summed E-state index contributed by atoms with van der Waals surface area (Å²) in [5.41, 5.74) is 0.986. The summed E-state index contributed by atoms with van der Waals surface area (Å²) in [7, 11) is 3.95. The largest absolute Gasteiger partial charge is 0.309 e. The Morgan fingerprint density at radius 3 is 2.66 bits per heavy atom. The van der Waals surface area contributed by atoms with Gasteiger partial charge in [0.05, 0.1) is 15.1 Å². The lowest BCUT2D eigenvalue weighted by Gasteiger charge is -2.21. The van der Waals surface area contributed by atoms with Crippen LogP contribution in [0.2, 0.25) is 0 Å². The molecule has 7 nitrogen and oxygen atoms in total. The number of nitrogens with zero attached hydrogens (tertiary/aromatic N) is 4. The molecule has 0 spiro atoms. The molecular formula is C19H20BrClN4O3S. The van der Waals surface area contributed by atoms with Gasteiger partial charge in [-0.3, -0.25) is 19.8 Å². The van der Waals surface area contributed by atoms with Gasteiger partial charge in [-0.1, -0.05) is 33.3 Å². The van der Waals surface area contributed by atoms with Gasteiger partial charge in [-0.05, 0) is 51.3 Å². The van der Waals surface area contributed by atoms with Crippen molar-refractivity contribution in [3.63, 3.8) is 0 Å². The molecule has 10 heteroatoms. The number of benzene rings is 2. The molecule has 0 bridgehead atoms. The van der Waals surface area contributed by atoms with Gasteiger partial charge >= 0.3 is 0 Å². The number of rotatable bonds is 7. The van der Waals surface area contributed by atoms with Gasteiger partial charge in [-0.15, -0.1) is 12.4 Å². The molecule has 1 amide bonds. The highest BCUT2D eigenvalue weighted by Gasteiger charge is 2.22. The second-order valence-electron chi connectivity index (χ2n) is 6.53. The van der Waals surface area contributed by atoms with Crippen molar-refractivity contribution in [2.45, 2.75) is 6.42 Å². The Morgan fingerprint density at radius 1 is 1.21 bits per heavy atom. The van der Waals surface area contributed by atoms with Crippen molar-refractivity contribution in [1.82, 2.24) is 9.88 Å². The predicted molar refractivity (Wildman–Crippen MR) is 123 cm³/mol. The second kappa shape index (κ2) is 10.1. The second-order valence-corrected chi connectivity index (χ2v) is 8.45. The number of aromatic nitrogens is 1. The van der Waals surface area contributed by atoms with Gasteiger partial charge in [0.1, 0.15) is 0 Å². The number of halogens is 2. The number of carbonyl (C=O) groups is 1. The summed E-state index contributed by atoms with van der Waals surface area (Å²) in [6.07, 6.45) is 0.757. The van der Waals surface area contributed by atoms with Gasteiger partial charge in [0.25, 0.3) is 11.6 Å². The molecule has 0 aliphatic heterocycles. The van der Waals surface area contributed by atoms with E-state index in [1.165, 1.54) is 29.5 Å². The fraction of sp³-hybridized carbons (Fsp3) is 0.263. The van der Waals surface area contributed by atoms with E-state index in [2.05, 4.69) is 20.9 Å². The molecule has 3 aromatic rings. The number of nitro benzene ring substituents is 1. The van der Waals surface area contributed by atoms with Crippen molar-refractivity contribution in [3.8, 4) is 0 Å². The molecule has 154 valence electrons. The normalized spacial score (nSPS) is 10.8. The van der Waals surface area contributed by atoms with E-state index >= 15 is 0 Å². The van der Waals surface area contributed by atoms with Crippen LogP contribution < -0.4 is 4.90 Å². The molecule has 0 atom stereocenters. The average molecular weight is 500 g/mol. The van der Waals surface area contributed by atoms with E-state index in [1.807, 2.05) is 37.2 Å². The Labute approximate surface area is 187 Å². The van der Waals surface area contributed by atoms with Crippen molar-refractivity contribution in [1.29, 1.82) is 0 Å². The smallest absolute Gasteiger partial charge is 0.270 e. The van der Waals surface area contributed by atoms with E-state index in [0.29, 0.717) is 11.7 Å². The van der Waals surface area contributed by atoms with E-state index in [4.69, 9.17) is 0 Å². The first-order valence-corrected chi connectivity index (χ1v) is 10.2. The van der Waals surface area contributed by atoms with E-state index < -0.39 is 4.92 Å². The summed E-state index contributed by atoms with van der Waals surface area (Å²) in [4.78, 5) is 32.0. The number of hydrogen-bond acceptors (Lipinski definition) is 6. The highest BCUT2D eigenvalue weighted by molar-refractivity contribution is 9.10. The fourth-order valence-electron chi connectivity index (χ4n) is 2.74. The first kappa shape index (κ1) is 23.2. The van der Waals surface area contributed by atoms with Crippen molar-refractivity contribution in [2.24, 2.45) is 0 Å². The third-order valence-corrected chi connectivity index (χ3v) is 5.64. The summed E-state index contributed by atoms with van der Waals surface area (Å²) in [6.45, 7) is 1.29. The molecule has 0 unspecified atom stereocenters.